The van der Waals surface area contributed by atoms with Gasteiger partial charge in [-0.05, 0) is 57.4 Å². The Balaban J connectivity index is 1.56. The Hall–Kier alpha value is -3.75. The Morgan fingerprint density at radius 1 is 1.15 bits per heavy atom. The van der Waals surface area contributed by atoms with E-state index in [2.05, 4.69) is 20.4 Å². The highest BCUT2D eigenvalue weighted by molar-refractivity contribution is 6.03. The fourth-order valence-corrected chi connectivity index (χ4v) is 4.12. The zero-order chi connectivity index (χ0) is 23.9. The smallest absolute Gasteiger partial charge is 0.255 e. The van der Waals surface area contributed by atoms with Crippen LogP contribution in [-0.2, 0) is 16.0 Å². The van der Waals surface area contributed by atoms with Gasteiger partial charge >= 0.3 is 0 Å². The lowest BCUT2D eigenvalue weighted by Crippen LogP contribution is -2.29. The minimum atomic E-state index is -0.501. The van der Waals surface area contributed by atoms with Crippen LogP contribution < -0.4 is 15.8 Å². The summed E-state index contributed by atoms with van der Waals surface area (Å²) in [5.41, 5.74) is 4.71. The van der Waals surface area contributed by atoms with Gasteiger partial charge in [0.15, 0.2) is 0 Å². The maximum Gasteiger partial charge on any atom is 0.255 e. The van der Waals surface area contributed by atoms with Crippen LogP contribution >= 0.6 is 0 Å². The molecule has 1 atom stereocenters. The molecule has 3 heterocycles. The standard InChI is InChI=1S/C24H28N6O3/c1-6-19-16(5)25-24(27-23(19)33)30-20(10-15(4)28-30)26-22(32)17-11-21(31)29(12-17)18-8-7-13(2)14(3)9-18/h7-10,17H,6,11-12H2,1-5H3,(H,26,32)(H,25,27,33). The zero-order valence-corrected chi connectivity index (χ0v) is 19.5. The SMILES string of the molecule is CCc1c(C)nc(-n2nc(C)cc2NC(=O)C2CC(=O)N(c3ccc(C)c(C)c3)C2)[nH]c1=O. The van der Waals surface area contributed by atoms with Gasteiger partial charge in [0.1, 0.15) is 5.82 Å². The van der Waals surface area contributed by atoms with Crippen LogP contribution in [0.5, 0.6) is 0 Å². The van der Waals surface area contributed by atoms with Crippen LogP contribution in [0.15, 0.2) is 29.1 Å². The molecule has 2 aromatic heterocycles. The summed E-state index contributed by atoms with van der Waals surface area (Å²) < 4.78 is 1.42. The van der Waals surface area contributed by atoms with E-state index in [1.165, 1.54) is 4.68 Å². The summed E-state index contributed by atoms with van der Waals surface area (Å²) in [6.45, 7) is 9.79. The lowest BCUT2D eigenvalue weighted by atomic mass is 10.1. The van der Waals surface area contributed by atoms with Gasteiger partial charge in [0, 0.05) is 36.0 Å². The van der Waals surface area contributed by atoms with Gasteiger partial charge in [-0.2, -0.15) is 9.78 Å². The van der Waals surface area contributed by atoms with Crippen LogP contribution in [0.4, 0.5) is 11.5 Å². The number of rotatable bonds is 5. The van der Waals surface area contributed by atoms with E-state index in [4.69, 9.17) is 0 Å². The summed E-state index contributed by atoms with van der Waals surface area (Å²) in [7, 11) is 0. The van der Waals surface area contributed by atoms with Gasteiger partial charge < -0.3 is 10.2 Å². The predicted octanol–water partition coefficient (Wildman–Crippen LogP) is 2.74. The van der Waals surface area contributed by atoms with Crippen molar-refractivity contribution in [3.63, 3.8) is 0 Å². The van der Waals surface area contributed by atoms with Crippen LogP contribution in [0.1, 0.15) is 41.4 Å². The molecule has 4 rings (SSSR count). The number of H-pyrrole nitrogens is 1. The molecule has 0 aliphatic carbocycles. The molecule has 1 aromatic carbocycles. The lowest BCUT2D eigenvalue weighted by molar-refractivity contribution is -0.122. The summed E-state index contributed by atoms with van der Waals surface area (Å²) in [5, 5.41) is 7.26. The second-order valence-electron chi connectivity index (χ2n) is 8.55. The average Bonchev–Trinajstić information content (AvgIpc) is 3.32. The largest absolute Gasteiger partial charge is 0.312 e. The van der Waals surface area contributed by atoms with Crippen molar-refractivity contribution in [2.75, 3.05) is 16.8 Å². The van der Waals surface area contributed by atoms with Crippen LogP contribution in [0.25, 0.3) is 5.95 Å². The van der Waals surface area contributed by atoms with Gasteiger partial charge in [-0.1, -0.05) is 13.0 Å². The Kier molecular flexibility index (Phi) is 5.88. The minimum absolute atomic E-state index is 0.0835. The van der Waals surface area contributed by atoms with Crippen LogP contribution in [0, 0.1) is 33.6 Å². The normalized spacial score (nSPS) is 15.8. The van der Waals surface area contributed by atoms with Crippen LogP contribution in [0.3, 0.4) is 0 Å². The average molecular weight is 449 g/mol. The van der Waals surface area contributed by atoms with Crippen molar-refractivity contribution in [3.8, 4) is 5.95 Å². The molecule has 0 radical (unpaired) electrons. The van der Waals surface area contributed by atoms with E-state index < -0.39 is 5.92 Å². The predicted molar refractivity (Wildman–Crippen MR) is 126 cm³/mol. The molecule has 0 bridgehead atoms. The summed E-state index contributed by atoms with van der Waals surface area (Å²) in [6.07, 6.45) is 0.703. The van der Waals surface area contributed by atoms with Gasteiger partial charge in [-0.3, -0.25) is 19.4 Å². The van der Waals surface area contributed by atoms with E-state index >= 15 is 0 Å². The highest BCUT2D eigenvalue weighted by Crippen LogP contribution is 2.28. The molecule has 1 unspecified atom stereocenters. The van der Waals surface area contributed by atoms with Crippen molar-refractivity contribution >= 4 is 23.3 Å². The number of anilines is 2. The summed E-state index contributed by atoms with van der Waals surface area (Å²) in [4.78, 5) is 47.0. The second-order valence-corrected chi connectivity index (χ2v) is 8.55. The van der Waals surface area contributed by atoms with Crippen LogP contribution in [0.2, 0.25) is 0 Å². The van der Waals surface area contributed by atoms with Gasteiger partial charge in [-0.15, -0.1) is 0 Å². The first-order valence-corrected chi connectivity index (χ1v) is 11.0. The molecule has 1 aliphatic rings. The molecular weight excluding hydrogens is 420 g/mol. The number of aromatic amines is 1. The van der Waals surface area contributed by atoms with E-state index in [0.29, 0.717) is 35.7 Å². The van der Waals surface area contributed by atoms with E-state index in [-0.39, 0.29) is 29.7 Å². The zero-order valence-electron chi connectivity index (χ0n) is 19.5. The Labute approximate surface area is 191 Å². The molecule has 3 aromatic rings. The number of nitrogens with zero attached hydrogens (tertiary/aromatic N) is 4. The maximum absolute atomic E-state index is 13.1. The quantitative estimate of drug-likeness (QED) is 0.623. The molecular formula is C24H28N6O3. The van der Waals surface area contributed by atoms with E-state index in [0.717, 1.165) is 16.8 Å². The molecule has 172 valence electrons. The van der Waals surface area contributed by atoms with Crippen molar-refractivity contribution in [1.29, 1.82) is 0 Å². The third-order valence-electron chi connectivity index (χ3n) is 6.14. The number of hydrogen-bond acceptors (Lipinski definition) is 5. The first-order valence-electron chi connectivity index (χ1n) is 11.0. The monoisotopic (exact) mass is 448 g/mol. The van der Waals surface area contributed by atoms with Crippen LogP contribution in [-0.4, -0.2) is 38.1 Å². The Morgan fingerprint density at radius 3 is 2.58 bits per heavy atom. The number of carbonyl (C=O) groups is 2. The molecule has 0 spiro atoms. The third-order valence-corrected chi connectivity index (χ3v) is 6.14. The highest BCUT2D eigenvalue weighted by atomic mass is 16.2. The number of hydrogen-bond donors (Lipinski definition) is 2. The van der Waals surface area contributed by atoms with Crippen molar-refractivity contribution in [3.05, 3.63) is 62.7 Å². The fraction of sp³-hybridized carbons (Fsp3) is 0.375. The second kappa shape index (κ2) is 8.65. The number of carbonyl (C=O) groups excluding carboxylic acids is 2. The molecule has 1 fully saturated rings. The first-order chi connectivity index (χ1) is 15.7. The molecule has 1 saturated heterocycles. The van der Waals surface area contributed by atoms with E-state index in [1.54, 1.807) is 24.8 Å². The van der Waals surface area contributed by atoms with Crippen molar-refractivity contribution < 1.29 is 9.59 Å². The Bertz CT molecular complexity index is 1310. The van der Waals surface area contributed by atoms with Crippen molar-refractivity contribution in [2.45, 2.75) is 47.5 Å². The molecule has 9 nitrogen and oxygen atoms in total. The number of aryl methyl sites for hydroxylation is 4. The topological polar surface area (TPSA) is 113 Å². The molecule has 2 amide bonds. The van der Waals surface area contributed by atoms with Gasteiger partial charge in [0.25, 0.3) is 5.56 Å². The number of amides is 2. The van der Waals surface area contributed by atoms with Gasteiger partial charge in [-0.25, -0.2) is 4.98 Å². The number of nitrogens with one attached hydrogen (secondary N) is 2. The molecule has 0 saturated carbocycles. The molecule has 9 heteroatoms. The molecule has 1 aliphatic heterocycles. The van der Waals surface area contributed by atoms with Gasteiger partial charge in [0.2, 0.25) is 17.8 Å². The van der Waals surface area contributed by atoms with E-state index in [1.807, 2.05) is 39.0 Å². The fourth-order valence-electron chi connectivity index (χ4n) is 4.12. The maximum atomic E-state index is 13.1. The number of benzene rings is 1. The molecule has 33 heavy (non-hydrogen) atoms. The highest BCUT2D eigenvalue weighted by Gasteiger charge is 2.35. The lowest BCUT2D eigenvalue weighted by Gasteiger charge is -2.18. The Morgan fingerprint density at radius 2 is 1.91 bits per heavy atom. The van der Waals surface area contributed by atoms with E-state index in [9.17, 15) is 14.4 Å². The van der Waals surface area contributed by atoms with Gasteiger partial charge in [0.05, 0.1) is 11.6 Å². The number of aromatic nitrogens is 4. The first kappa shape index (κ1) is 22.4. The van der Waals surface area contributed by atoms with Crippen molar-refractivity contribution in [1.82, 2.24) is 19.7 Å². The van der Waals surface area contributed by atoms with Crippen molar-refractivity contribution in [2.24, 2.45) is 5.92 Å². The minimum Gasteiger partial charge on any atom is -0.312 e. The molecule has 2 N–H and O–H groups in total. The third kappa shape index (κ3) is 4.30. The summed E-state index contributed by atoms with van der Waals surface area (Å²) in [5.74, 6) is -0.238. The summed E-state index contributed by atoms with van der Waals surface area (Å²) in [6, 6.07) is 7.56. The summed E-state index contributed by atoms with van der Waals surface area (Å²) >= 11 is 0.